The summed E-state index contributed by atoms with van der Waals surface area (Å²) in [5.74, 6) is 0.309. The summed E-state index contributed by atoms with van der Waals surface area (Å²) in [6.45, 7) is 6.89. The van der Waals surface area contributed by atoms with Gasteiger partial charge >= 0.3 is 0 Å². The van der Waals surface area contributed by atoms with E-state index in [1.54, 1.807) is 0 Å². The molecular weight excluding hydrogens is 268 g/mol. The zero-order valence-electron chi connectivity index (χ0n) is 13.3. The minimum atomic E-state index is -0.194. The fraction of sp³-hybridized carbons (Fsp3) is 0.875. The lowest BCUT2D eigenvalue weighted by Gasteiger charge is -2.34. The van der Waals surface area contributed by atoms with E-state index in [0.29, 0.717) is 13.0 Å². The first-order valence-electron chi connectivity index (χ1n) is 8.29. The molecule has 0 saturated carbocycles. The van der Waals surface area contributed by atoms with Crippen molar-refractivity contribution < 1.29 is 14.3 Å². The van der Waals surface area contributed by atoms with Gasteiger partial charge in [-0.15, -0.1) is 0 Å². The Balaban J connectivity index is 1.82. The SMILES string of the molecule is CC(C)OCCCCN1CCC(=O)N2CCCCC2C1=O. The van der Waals surface area contributed by atoms with Crippen LogP contribution in [0.25, 0.3) is 0 Å². The van der Waals surface area contributed by atoms with Crippen LogP contribution >= 0.6 is 0 Å². The summed E-state index contributed by atoms with van der Waals surface area (Å²) in [6.07, 6.45) is 5.56. The predicted octanol–water partition coefficient (Wildman–Crippen LogP) is 1.80. The monoisotopic (exact) mass is 296 g/mol. The molecule has 5 nitrogen and oxygen atoms in total. The third kappa shape index (κ3) is 4.43. The molecule has 0 aliphatic carbocycles. The average molecular weight is 296 g/mol. The van der Waals surface area contributed by atoms with Crippen molar-refractivity contribution in [3.63, 3.8) is 0 Å². The fourth-order valence-electron chi connectivity index (χ4n) is 3.13. The first-order chi connectivity index (χ1) is 10.1. The molecule has 0 aromatic rings. The number of hydrogen-bond donors (Lipinski definition) is 0. The first kappa shape index (κ1) is 16.3. The van der Waals surface area contributed by atoms with Gasteiger partial charge in [0, 0.05) is 32.7 Å². The standard InChI is InChI=1S/C16H28N2O3/c1-13(2)21-12-6-5-9-17-11-8-15(19)18-10-4-3-7-14(18)16(17)20/h13-14H,3-12H2,1-2H3. The van der Waals surface area contributed by atoms with Crippen LogP contribution in [0.5, 0.6) is 0 Å². The maximum absolute atomic E-state index is 12.6. The number of ether oxygens (including phenoxy) is 1. The third-order valence-corrected chi connectivity index (χ3v) is 4.29. The predicted molar refractivity (Wildman–Crippen MR) is 80.9 cm³/mol. The Morgan fingerprint density at radius 3 is 2.76 bits per heavy atom. The van der Waals surface area contributed by atoms with E-state index in [4.69, 9.17) is 4.74 Å². The van der Waals surface area contributed by atoms with Gasteiger partial charge in [0.15, 0.2) is 0 Å². The van der Waals surface area contributed by atoms with Crippen LogP contribution in [0.15, 0.2) is 0 Å². The highest BCUT2D eigenvalue weighted by molar-refractivity contribution is 5.90. The van der Waals surface area contributed by atoms with Crippen molar-refractivity contribution in [1.82, 2.24) is 9.80 Å². The summed E-state index contributed by atoms with van der Waals surface area (Å²) in [5, 5.41) is 0. The number of carbonyl (C=O) groups is 2. The molecule has 2 aliphatic heterocycles. The van der Waals surface area contributed by atoms with E-state index < -0.39 is 0 Å². The van der Waals surface area contributed by atoms with E-state index in [-0.39, 0.29) is 24.0 Å². The molecule has 2 rings (SSSR count). The average Bonchev–Trinajstić information content (AvgIpc) is 2.59. The molecule has 0 aromatic heterocycles. The second kappa shape index (κ2) is 7.78. The first-order valence-corrected chi connectivity index (χ1v) is 8.29. The summed E-state index contributed by atoms with van der Waals surface area (Å²) >= 11 is 0. The minimum Gasteiger partial charge on any atom is -0.379 e. The molecule has 0 radical (unpaired) electrons. The van der Waals surface area contributed by atoms with Crippen molar-refractivity contribution in [2.24, 2.45) is 0 Å². The molecule has 0 N–H and O–H groups in total. The zero-order chi connectivity index (χ0) is 15.2. The number of nitrogens with zero attached hydrogens (tertiary/aromatic N) is 2. The summed E-state index contributed by atoms with van der Waals surface area (Å²) < 4.78 is 5.52. The Morgan fingerprint density at radius 2 is 2.00 bits per heavy atom. The van der Waals surface area contributed by atoms with E-state index in [1.165, 1.54) is 0 Å². The number of fused-ring (bicyclic) bond motifs is 1. The van der Waals surface area contributed by atoms with Crippen LogP contribution in [0.1, 0.15) is 52.4 Å². The van der Waals surface area contributed by atoms with Crippen molar-refractivity contribution in [2.45, 2.75) is 64.5 Å². The van der Waals surface area contributed by atoms with Gasteiger partial charge in [-0.05, 0) is 46.0 Å². The zero-order valence-corrected chi connectivity index (χ0v) is 13.3. The van der Waals surface area contributed by atoms with Crippen LogP contribution in [0, 0.1) is 0 Å². The van der Waals surface area contributed by atoms with Crippen molar-refractivity contribution >= 4 is 11.8 Å². The van der Waals surface area contributed by atoms with Gasteiger partial charge in [0.1, 0.15) is 6.04 Å². The number of hydrogen-bond acceptors (Lipinski definition) is 3. The molecule has 0 aromatic carbocycles. The molecule has 2 heterocycles. The van der Waals surface area contributed by atoms with Crippen LogP contribution < -0.4 is 0 Å². The summed E-state index contributed by atoms with van der Waals surface area (Å²) in [7, 11) is 0. The van der Waals surface area contributed by atoms with E-state index >= 15 is 0 Å². The van der Waals surface area contributed by atoms with Gasteiger partial charge in [-0.25, -0.2) is 0 Å². The highest BCUT2D eigenvalue weighted by Gasteiger charge is 2.37. The molecule has 120 valence electrons. The number of rotatable bonds is 6. The van der Waals surface area contributed by atoms with Crippen LogP contribution in [-0.4, -0.2) is 60.0 Å². The Kier molecular flexibility index (Phi) is 6.03. The van der Waals surface area contributed by atoms with Crippen molar-refractivity contribution in [1.29, 1.82) is 0 Å². The smallest absolute Gasteiger partial charge is 0.245 e. The van der Waals surface area contributed by atoms with Crippen LogP contribution in [0.4, 0.5) is 0 Å². The van der Waals surface area contributed by atoms with Gasteiger partial charge in [0.25, 0.3) is 0 Å². The van der Waals surface area contributed by atoms with Gasteiger partial charge in [-0.2, -0.15) is 0 Å². The molecule has 1 atom stereocenters. The van der Waals surface area contributed by atoms with Gasteiger partial charge in [0.05, 0.1) is 6.10 Å². The summed E-state index contributed by atoms with van der Waals surface area (Å²) in [4.78, 5) is 28.4. The Labute approximate surface area is 127 Å². The molecule has 2 aliphatic rings. The Bertz CT molecular complexity index is 371. The molecule has 5 heteroatoms. The fourth-order valence-corrected chi connectivity index (χ4v) is 3.13. The van der Waals surface area contributed by atoms with E-state index in [0.717, 1.165) is 51.8 Å². The van der Waals surface area contributed by atoms with Gasteiger partial charge < -0.3 is 14.5 Å². The topological polar surface area (TPSA) is 49.9 Å². The molecule has 1 unspecified atom stereocenters. The third-order valence-electron chi connectivity index (χ3n) is 4.29. The lowest BCUT2D eigenvalue weighted by Crippen LogP contribution is -2.49. The second-order valence-corrected chi connectivity index (χ2v) is 6.30. The lowest BCUT2D eigenvalue weighted by molar-refractivity contribution is -0.143. The van der Waals surface area contributed by atoms with E-state index in [9.17, 15) is 9.59 Å². The van der Waals surface area contributed by atoms with Gasteiger partial charge in [-0.3, -0.25) is 9.59 Å². The molecule has 0 bridgehead atoms. The summed E-state index contributed by atoms with van der Waals surface area (Å²) in [5.41, 5.74) is 0. The van der Waals surface area contributed by atoms with Gasteiger partial charge in [-0.1, -0.05) is 0 Å². The van der Waals surface area contributed by atoms with Crippen molar-refractivity contribution in [3.8, 4) is 0 Å². The molecule has 21 heavy (non-hydrogen) atoms. The number of carbonyl (C=O) groups excluding carboxylic acids is 2. The quantitative estimate of drug-likeness (QED) is 0.702. The van der Waals surface area contributed by atoms with Crippen LogP contribution in [-0.2, 0) is 14.3 Å². The minimum absolute atomic E-state index is 0.152. The molecular formula is C16H28N2O3. The maximum atomic E-state index is 12.6. The molecule has 2 saturated heterocycles. The normalized spacial score (nSPS) is 23.5. The lowest BCUT2D eigenvalue weighted by atomic mass is 10.0. The molecule has 0 spiro atoms. The maximum Gasteiger partial charge on any atom is 0.245 e. The Morgan fingerprint density at radius 1 is 1.19 bits per heavy atom. The van der Waals surface area contributed by atoms with Gasteiger partial charge in [0.2, 0.25) is 11.8 Å². The van der Waals surface area contributed by atoms with E-state index in [2.05, 4.69) is 0 Å². The highest BCUT2D eigenvalue weighted by Crippen LogP contribution is 2.23. The van der Waals surface area contributed by atoms with Crippen molar-refractivity contribution in [2.75, 3.05) is 26.2 Å². The molecule has 2 fully saturated rings. The number of unbranched alkanes of at least 4 members (excludes halogenated alkanes) is 1. The molecule has 2 amide bonds. The number of piperidine rings is 1. The van der Waals surface area contributed by atoms with E-state index in [1.807, 2.05) is 23.6 Å². The largest absolute Gasteiger partial charge is 0.379 e. The van der Waals surface area contributed by atoms with Crippen LogP contribution in [0.2, 0.25) is 0 Å². The Hall–Kier alpha value is -1.10. The summed E-state index contributed by atoms with van der Waals surface area (Å²) in [6, 6.07) is -0.194. The second-order valence-electron chi connectivity index (χ2n) is 6.30. The van der Waals surface area contributed by atoms with Crippen molar-refractivity contribution in [3.05, 3.63) is 0 Å². The highest BCUT2D eigenvalue weighted by atomic mass is 16.5. The number of amides is 2. The van der Waals surface area contributed by atoms with Crippen LogP contribution in [0.3, 0.4) is 0 Å².